The molecule has 0 saturated carbocycles. The standard InChI is InChI=1S/C28H30ClFN2O8S/c1-37-8-9-40-28(36)20-7-5-4-6-19(20)26(34)32(15-17-10-18(14-31-13-17)27(35)39-3)23-12-24(21(29)11-22(23)30)41-16-25(33)38-2/h10-14H,4-9,15-16H2,1-3H3. The number of esters is 3. The summed E-state index contributed by atoms with van der Waals surface area (Å²) < 4.78 is 35.2. The minimum atomic E-state index is -0.802. The van der Waals surface area contributed by atoms with Gasteiger partial charge >= 0.3 is 17.9 Å². The summed E-state index contributed by atoms with van der Waals surface area (Å²) in [4.78, 5) is 56.4. The van der Waals surface area contributed by atoms with E-state index < -0.39 is 29.6 Å². The maximum Gasteiger partial charge on any atom is 0.339 e. The Morgan fingerprint density at radius 2 is 1.71 bits per heavy atom. The Balaban J connectivity index is 2.09. The van der Waals surface area contributed by atoms with Crippen molar-refractivity contribution in [3.05, 3.63) is 63.7 Å². The molecule has 1 amide bonds. The van der Waals surface area contributed by atoms with Gasteiger partial charge in [-0.15, -0.1) is 11.8 Å². The number of pyridine rings is 1. The van der Waals surface area contributed by atoms with E-state index in [9.17, 15) is 19.2 Å². The largest absolute Gasteiger partial charge is 0.468 e. The van der Waals surface area contributed by atoms with E-state index >= 15 is 4.39 Å². The molecule has 3 rings (SSSR count). The topological polar surface area (TPSA) is 121 Å². The van der Waals surface area contributed by atoms with Crippen LogP contribution < -0.4 is 4.90 Å². The second-order valence-corrected chi connectivity index (χ2v) is 10.3. The number of carbonyl (C=O) groups excluding carboxylic acids is 4. The Morgan fingerprint density at radius 3 is 2.39 bits per heavy atom. The smallest absolute Gasteiger partial charge is 0.339 e. The zero-order valence-corrected chi connectivity index (χ0v) is 24.4. The van der Waals surface area contributed by atoms with Gasteiger partial charge in [0.2, 0.25) is 0 Å². The van der Waals surface area contributed by atoms with E-state index in [0.29, 0.717) is 29.7 Å². The zero-order valence-electron chi connectivity index (χ0n) is 22.9. The van der Waals surface area contributed by atoms with Crippen molar-refractivity contribution < 1.29 is 42.5 Å². The summed E-state index contributed by atoms with van der Waals surface area (Å²) in [6, 6.07) is 3.89. The number of nitrogens with zero attached hydrogens (tertiary/aromatic N) is 2. The van der Waals surface area contributed by atoms with Crippen LogP contribution in [0, 0.1) is 5.82 Å². The summed E-state index contributed by atoms with van der Waals surface area (Å²) in [5.41, 5.74) is 0.829. The highest BCUT2D eigenvalue weighted by Crippen LogP contribution is 2.36. The molecule has 0 aliphatic heterocycles. The van der Waals surface area contributed by atoms with Crippen LogP contribution in [0.4, 0.5) is 10.1 Å². The van der Waals surface area contributed by atoms with Gasteiger partial charge in [-0.1, -0.05) is 11.6 Å². The molecule has 0 spiro atoms. The Morgan fingerprint density at radius 1 is 0.976 bits per heavy atom. The molecule has 1 aliphatic rings. The summed E-state index contributed by atoms with van der Waals surface area (Å²) in [6.45, 7) is 0.00833. The molecule has 1 aliphatic carbocycles. The fourth-order valence-electron chi connectivity index (χ4n) is 4.12. The highest BCUT2D eigenvalue weighted by Gasteiger charge is 2.31. The van der Waals surface area contributed by atoms with E-state index in [1.54, 1.807) is 0 Å². The number of aromatic nitrogens is 1. The van der Waals surface area contributed by atoms with Gasteiger partial charge in [0.05, 0.1) is 49.4 Å². The minimum absolute atomic E-state index is 0.0165. The van der Waals surface area contributed by atoms with Crippen molar-refractivity contribution in [1.29, 1.82) is 0 Å². The van der Waals surface area contributed by atoms with Gasteiger partial charge < -0.3 is 23.8 Å². The van der Waals surface area contributed by atoms with Crippen molar-refractivity contribution >= 4 is 52.9 Å². The van der Waals surface area contributed by atoms with Gasteiger partial charge in [-0.2, -0.15) is 0 Å². The number of hydrogen-bond donors (Lipinski definition) is 0. The van der Waals surface area contributed by atoms with Crippen LogP contribution in [0.3, 0.4) is 0 Å². The molecule has 1 aromatic carbocycles. The molecular formula is C28H30ClFN2O8S. The van der Waals surface area contributed by atoms with Crippen LogP contribution in [0.5, 0.6) is 0 Å². The fourth-order valence-corrected chi connectivity index (χ4v) is 5.22. The van der Waals surface area contributed by atoms with Gasteiger partial charge in [-0.25, -0.2) is 14.0 Å². The number of hydrogen-bond acceptors (Lipinski definition) is 10. The number of ether oxygens (including phenoxy) is 4. The van der Waals surface area contributed by atoms with E-state index in [4.69, 9.17) is 25.8 Å². The van der Waals surface area contributed by atoms with Crippen molar-refractivity contribution in [2.24, 2.45) is 0 Å². The molecular weight excluding hydrogens is 579 g/mol. The first kappa shape index (κ1) is 32.0. The normalized spacial score (nSPS) is 13.0. The summed E-state index contributed by atoms with van der Waals surface area (Å²) >= 11 is 7.28. The molecule has 220 valence electrons. The van der Waals surface area contributed by atoms with Gasteiger partial charge in [0.1, 0.15) is 12.4 Å². The summed E-state index contributed by atoms with van der Waals surface area (Å²) in [7, 11) is 3.94. The van der Waals surface area contributed by atoms with E-state index in [0.717, 1.165) is 22.7 Å². The van der Waals surface area contributed by atoms with Crippen molar-refractivity contribution in [3.8, 4) is 0 Å². The molecule has 10 nitrogen and oxygen atoms in total. The lowest BCUT2D eigenvalue weighted by Gasteiger charge is -2.28. The van der Waals surface area contributed by atoms with Crippen LogP contribution in [0.15, 0.2) is 46.6 Å². The van der Waals surface area contributed by atoms with E-state index in [2.05, 4.69) is 9.72 Å². The molecule has 41 heavy (non-hydrogen) atoms. The highest BCUT2D eigenvalue weighted by atomic mass is 35.5. The van der Waals surface area contributed by atoms with Crippen molar-refractivity contribution in [3.63, 3.8) is 0 Å². The van der Waals surface area contributed by atoms with Crippen LogP contribution in [0.2, 0.25) is 5.02 Å². The third-order valence-electron chi connectivity index (χ3n) is 6.16. The second-order valence-electron chi connectivity index (χ2n) is 8.86. The summed E-state index contributed by atoms with van der Waals surface area (Å²) in [5, 5.41) is 0.0428. The van der Waals surface area contributed by atoms with Crippen LogP contribution >= 0.6 is 23.4 Å². The van der Waals surface area contributed by atoms with Crippen molar-refractivity contribution in [1.82, 2.24) is 4.98 Å². The lowest BCUT2D eigenvalue weighted by molar-refractivity contribution is -0.141. The lowest BCUT2D eigenvalue weighted by atomic mass is 9.90. The predicted molar refractivity (Wildman–Crippen MR) is 149 cm³/mol. The SMILES string of the molecule is COCCOC(=O)C1=C(C(=O)N(Cc2cncc(C(=O)OC)c2)c2cc(SCC(=O)OC)c(Cl)cc2F)CCCC1. The third-order valence-corrected chi connectivity index (χ3v) is 7.61. The zero-order chi connectivity index (χ0) is 29.9. The molecule has 0 saturated heterocycles. The molecule has 0 radical (unpaired) electrons. The van der Waals surface area contributed by atoms with Crippen LogP contribution in [0.1, 0.15) is 41.6 Å². The van der Waals surface area contributed by atoms with Gasteiger partial charge in [-0.3, -0.25) is 14.6 Å². The lowest BCUT2D eigenvalue weighted by Crippen LogP contribution is -2.35. The Labute approximate surface area is 246 Å². The number of halogens is 2. The third kappa shape index (κ3) is 8.51. The van der Waals surface area contributed by atoms with Gasteiger partial charge in [0.15, 0.2) is 0 Å². The average Bonchev–Trinajstić information content (AvgIpc) is 2.99. The van der Waals surface area contributed by atoms with E-state index in [1.165, 1.54) is 45.9 Å². The number of benzene rings is 1. The molecule has 0 N–H and O–H groups in total. The summed E-state index contributed by atoms with van der Waals surface area (Å²) in [6.07, 6.45) is 4.67. The maximum absolute atomic E-state index is 15.5. The Kier molecular flexibility index (Phi) is 12.1. The molecule has 2 aromatic rings. The number of methoxy groups -OCH3 is 3. The van der Waals surface area contributed by atoms with Crippen LogP contribution in [-0.4, -0.2) is 69.1 Å². The molecule has 1 heterocycles. The molecule has 0 bridgehead atoms. The van der Waals surface area contributed by atoms with Gasteiger partial charge in [0.25, 0.3) is 5.91 Å². The van der Waals surface area contributed by atoms with Crippen LogP contribution in [0.25, 0.3) is 0 Å². The predicted octanol–water partition coefficient (Wildman–Crippen LogP) is 4.52. The molecule has 0 fully saturated rings. The van der Waals surface area contributed by atoms with Crippen molar-refractivity contribution in [2.45, 2.75) is 37.1 Å². The monoisotopic (exact) mass is 608 g/mol. The Bertz CT molecular complexity index is 1340. The number of thioether (sulfide) groups is 1. The number of amides is 1. The average molecular weight is 609 g/mol. The van der Waals surface area contributed by atoms with Crippen LogP contribution in [-0.2, 0) is 39.9 Å². The first-order valence-corrected chi connectivity index (χ1v) is 14.0. The fraction of sp³-hybridized carbons (Fsp3) is 0.393. The molecule has 1 aromatic heterocycles. The highest BCUT2D eigenvalue weighted by molar-refractivity contribution is 8.00. The van der Waals surface area contributed by atoms with E-state index in [-0.39, 0.29) is 59.4 Å². The van der Waals surface area contributed by atoms with Gasteiger partial charge in [0, 0.05) is 35.5 Å². The number of anilines is 1. The molecule has 13 heteroatoms. The van der Waals surface area contributed by atoms with E-state index in [1.807, 2.05) is 0 Å². The summed E-state index contributed by atoms with van der Waals surface area (Å²) in [5.74, 6) is -3.29. The molecule has 0 unspecified atom stereocenters. The number of carbonyl (C=O) groups is 4. The Hall–Kier alpha value is -3.48. The maximum atomic E-state index is 15.5. The minimum Gasteiger partial charge on any atom is -0.468 e. The first-order chi connectivity index (χ1) is 19.7. The molecule has 0 atom stereocenters. The first-order valence-electron chi connectivity index (χ1n) is 12.6. The second kappa shape index (κ2) is 15.5. The van der Waals surface area contributed by atoms with Crippen molar-refractivity contribution in [2.75, 3.05) is 45.2 Å². The number of rotatable bonds is 12. The quantitative estimate of drug-likeness (QED) is 0.147. The van der Waals surface area contributed by atoms with Gasteiger partial charge in [-0.05, 0) is 49.4 Å².